The first-order valence-corrected chi connectivity index (χ1v) is 10.8. The van der Waals surface area contributed by atoms with Crippen LogP contribution in [0.1, 0.15) is 63.4 Å². The highest BCUT2D eigenvalue weighted by atomic mass is 16.6. The van der Waals surface area contributed by atoms with E-state index >= 15 is 0 Å². The molecular formula is C21H29N5O5. The predicted molar refractivity (Wildman–Crippen MR) is 112 cm³/mol. The Kier molecular flexibility index (Phi) is 6.41. The maximum atomic E-state index is 10.7. The van der Waals surface area contributed by atoms with Crippen LogP contribution >= 0.6 is 0 Å². The van der Waals surface area contributed by atoms with Gasteiger partial charge in [0, 0.05) is 6.42 Å². The molecule has 1 aliphatic heterocycles. The van der Waals surface area contributed by atoms with Gasteiger partial charge in [0.1, 0.15) is 23.8 Å². The van der Waals surface area contributed by atoms with Crippen LogP contribution < -0.4 is 5.73 Å². The Hall–Kier alpha value is -2.29. The largest absolute Gasteiger partial charge is 0.394 e. The third-order valence-electron chi connectivity index (χ3n) is 6.19. The summed E-state index contributed by atoms with van der Waals surface area (Å²) >= 11 is 0. The Morgan fingerprint density at radius 3 is 2.58 bits per heavy atom. The fraction of sp³-hybridized carbons (Fsp3) is 0.667. The first kappa shape index (κ1) is 21.9. The Bertz CT molecular complexity index is 976. The molecule has 168 valence electrons. The lowest BCUT2D eigenvalue weighted by Gasteiger charge is -2.25. The van der Waals surface area contributed by atoms with Crippen LogP contribution in [-0.4, -0.2) is 70.5 Å². The van der Waals surface area contributed by atoms with Gasteiger partial charge in [-0.3, -0.25) is 4.57 Å². The summed E-state index contributed by atoms with van der Waals surface area (Å²) in [7, 11) is 0. The molecule has 3 heterocycles. The van der Waals surface area contributed by atoms with E-state index in [1.54, 1.807) is 0 Å². The zero-order valence-electron chi connectivity index (χ0n) is 17.3. The average Bonchev–Trinajstić information content (AvgIpc) is 3.21. The quantitative estimate of drug-likeness (QED) is 0.337. The van der Waals surface area contributed by atoms with Crippen molar-refractivity contribution < 1.29 is 25.2 Å². The number of hydrogen-bond donors (Lipinski definition) is 5. The summed E-state index contributed by atoms with van der Waals surface area (Å²) in [4.78, 5) is 12.8. The van der Waals surface area contributed by atoms with E-state index in [2.05, 4.69) is 26.8 Å². The van der Waals surface area contributed by atoms with Gasteiger partial charge in [0.05, 0.1) is 18.5 Å². The fourth-order valence-electron chi connectivity index (χ4n) is 4.36. The molecule has 31 heavy (non-hydrogen) atoms. The maximum absolute atomic E-state index is 10.7. The van der Waals surface area contributed by atoms with Crippen LogP contribution in [0, 0.1) is 11.8 Å². The van der Waals surface area contributed by atoms with E-state index < -0.39 is 36.7 Å². The van der Waals surface area contributed by atoms with Gasteiger partial charge in [-0.25, -0.2) is 15.0 Å². The van der Waals surface area contributed by atoms with Gasteiger partial charge in [0.15, 0.2) is 17.7 Å². The summed E-state index contributed by atoms with van der Waals surface area (Å²) in [6.07, 6.45) is 4.20. The molecular weight excluding hydrogens is 402 g/mol. The molecule has 0 spiro atoms. The number of imidazole rings is 1. The highest BCUT2D eigenvalue weighted by Gasteiger charge is 2.44. The molecule has 0 amide bonds. The fourth-order valence-corrected chi connectivity index (χ4v) is 4.36. The monoisotopic (exact) mass is 431 g/mol. The lowest BCUT2D eigenvalue weighted by atomic mass is 9.90. The molecule has 2 aromatic rings. The van der Waals surface area contributed by atoms with Crippen molar-refractivity contribution in [2.75, 3.05) is 12.3 Å². The van der Waals surface area contributed by atoms with Crippen LogP contribution in [0.15, 0.2) is 6.33 Å². The summed E-state index contributed by atoms with van der Waals surface area (Å²) in [5.41, 5.74) is 6.02. The molecule has 0 bridgehead atoms. The number of ether oxygens (including phenoxy) is 1. The van der Waals surface area contributed by atoms with Crippen molar-refractivity contribution in [3.63, 3.8) is 0 Å². The molecule has 10 heteroatoms. The van der Waals surface area contributed by atoms with E-state index in [0.717, 1.165) is 25.7 Å². The molecule has 2 aliphatic rings. The second-order valence-corrected chi connectivity index (χ2v) is 8.43. The number of fused-ring (bicyclic) bond motifs is 1. The van der Waals surface area contributed by atoms with Gasteiger partial charge in [-0.1, -0.05) is 31.6 Å². The van der Waals surface area contributed by atoms with Crippen LogP contribution in [0.2, 0.25) is 0 Å². The van der Waals surface area contributed by atoms with E-state index in [1.807, 2.05) is 0 Å². The first-order chi connectivity index (χ1) is 14.9. The second-order valence-electron chi connectivity index (χ2n) is 8.43. The number of nitrogen functional groups attached to an aromatic ring is 1. The van der Waals surface area contributed by atoms with Crippen LogP contribution in [0.25, 0.3) is 11.2 Å². The minimum absolute atomic E-state index is 0.141. The van der Waals surface area contributed by atoms with E-state index in [0.29, 0.717) is 24.0 Å². The van der Waals surface area contributed by atoms with Crippen molar-refractivity contribution in [3.05, 3.63) is 12.2 Å². The molecule has 1 saturated heterocycles. The van der Waals surface area contributed by atoms with Gasteiger partial charge < -0.3 is 30.9 Å². The molecule has 1 aliphatic carbocycles. The number of nitrogens with two attached hydrogens (primary N) is 1. The number of hydrogen-bond acceptors (Lipinski definition) is 9. The Balaban J connectivity index is 1.53. The lowest BCUT2D eigenvalue weighted by molar-refractivity contribution is -0.0511. The SMILES string of the molecule is Nc1nc(C#CCCC2(O)CCCCCC2)nc2c1ncn2[C@@H]1O[C@H](CO)[C@@H](O)[C@H]1O. The first-order valence-electron chi connectivity index (χ1n) is 10.8. The van der Waals surface area contributed by atoms with E-state index in [9.17, 15) is 20.4 Å². The van der Waals surface area contributed by atoms with Crippen molar-refractivity contribution in [2.45, 2.75) is 81.5 Å². The maximum Gasteiger partial charge on any atom is 0.208 e. The molecule has 1 saturated carbocycles. The van der Waals surface area contributed by atoms with Gasteiger partial charge in [0.25, 0.3) is 0 Å². The van der Waals surface area contributed by atoms with Crippen molar-refractivity contribution in [1.82, 2.24) is 19.5 Å². The van der Waals surface area contributed by atoms with E-state index in [-0.39, 0.29) is 11.6 Å². The van der Waals surface area contributed by atoms with E-state index in [1.165, 1.54) is 23.7 Å². The number of anilines is 1. The van der Waals surface area contributed by atoms with Gasteiger partial charge >= 0.3 is 0 Å². The van der Waals surface area contributed by atoms with Crippen molar-refractivity contribution in [1.29, 1.82) is 0 Å². The molecule has 0 aromatic carbocycles. The molecule has 10 nitrogen and oxygen atoms in total. The summed E-state index contributed by atoms with van der Waals surface area (Å²) in [6.45, 7) is -0.429. The number of aliphatic hydroxyl groups excluding tert-OH is 3. The average molecular weight is 431 g/mol. The molecule has 0 radical (unpaired) electrons. The van der Waals surface area contributed by atoms with Crippen LogP contribution in [0.4, 0.5) is 5.82 Å². The minimum atomic E-state index is -1.26. The number of nitrogens with zero attached hydrogens (tertiary/aromatic N) is 4. The molecule has 2 fully saturated rings. The smallest absolute Gasteiger partial charge is 0.208 e. The van der Waals surface area contributed by atoms with Crippen molar-refractivity contribution in [3.8, 4) is 11.8 Å². The second kappa shape index (κ2) is 9.06. The standard InChI is InChI=1S/C21H29N5O5/c22-18-15-19(26(12-23-15)20-17(29)16(28)13(11-27)31-20)25-14(24-18)7-3-6-10-21(30)8-4-1-2-5-9-21/h12-13,16-17,20,27-30H,1-2,4-6,8-11H2,(H2,22,24,25)/t13-,16-,17-,20-/m1/s1. The minimum Gasteiger partial charge on any atom is -0.394 e. The Morgan fingerprint density at radius 2 is 1.90 bits per heavy atom. The Morgan fingerprint density at radius 1 is 1.16 bits per heavy atom. The number of rotatable bonds is 4. The van der Waals surface area contributed by atoms with Gasteiger partial charge in [-0.15, -0.1) is 0 Å². The van der Waals surface area contributed by atoms with Crippen LogP contribution in [0.3, 0.4) is 0 Å². The van der Waals surface area contributed by atoms with Crippen molar-refractivity contribution in [2.24, 2.45) is 0 Å². The summed E-state index contributed by atoms with van der Waals surface area (Å²) in [6, 6.07) is 0. The van der Waals surface area contributed by atoms with Gasteiger partial charge in [-0.05, 0) is 25.2 Å². The normalized spacial score (nSPS) is 28.3. The number of aliphatic hydroxyl groups is 4. The Labute approximate surface area is 180 Å². The molecule has 0 unspecified atom stereocenters. The molecule has 2 aromatic heterocycles. The molecule has 4 atom stereocenters. The highest BCUT2D eigenvalue weighted by molar-refractivity contribution is 5.82. The third-order valence-corrected chi connectivity index (χ3v) is 6.19. The number of aromatic nitrogens is 4. The highest BCUT2D eigenvalue weighted by Crippen LogP contribution is 2.32. The summed E-state index contributed by atoms with van der Waals surface area (Å²) in [5.74, 6) is 6.27. The molecule has 6 N–H and O–H groups in total. The predicted octanol–water partition coefficient (Wildman–Crippen LogP) is 0.237. The summed E-state index contributed by atoms with van der Waals surface area (Å²) < 4.78 is 7.02. The topological polar surface area (TPSA) is 160 Å². The third kappa shape index (κ3) is 4.51. The molecule has 4 rings (SSSR count). The van der Waals surface area contributed by atoms with Crippen LogP contribution in [-0.2, 0) is 4.74 Å². The van der Waals surface area contributed by atoms with Crippen molar-refractivity contribution >= 4 is 17.0 Å². The summed E-state index contributed by atoms with van der Waals surface area (Å²) in [5, 5.41) is 40.4. The van der Waals surface area contributed by atoms with Crippen LogP contribution in [0.5, 0.6) is 0 Å². The lowest BCUT2D eigenvalue weighted by Crippen LogP contribution is -2.33. The zero-order valence-corrected chi connectivity index (χ0v) is 17.3. The zero-order chi connectivity index (χ0) is 22.0. The van der Waals surface area contributed by atoms with Gasteiger partial charge in [-0.2, -0.15) is 0 Å². The van der Waals surface area contributed by atoms with Gasteiger partial charge in [0.2, 0.25) is 5.82 Å². The van der Waals surface area contributed by atoms with E-state index in [4.69, 9.17) is 10.5 Å².